The maximum atomic E-state index is 12.1. The third-order valence-corrected chi connectivity index (χ3v) is 4.45. The molecular formula is C11H17N3O3S. The monoisotopic (exact) mass is 271 g/mol. The zero-order chi connectivity index (χ0) is 13.2. The molecule has 0 amide bonds. The zero-order valence-electron chi connectivity index (χ0n) is 9.96. The van der Waals surface area contributed by atoms with E-state index in [1.54, 1.807) is 0 Å². The van der Waals surface area contributed by atoms with Gasteiger partial charge in [0.05, 0.1) is 11.4 Å². The first kappa shape index (κ1) is 13.0. The molecule has 0 bridgehead atoms. The number of hydrogen-bond acceptors (Lipinski definition) is 4. The molecule has 1 aromatic rings. The van der Waals surface area contributed by atoms with Gasteiger partial charge in [0.15, 0.2) is 0 Å². The van der Waals surface area contributed by atoms with Gasteiger partial charge >= 0.3 is 10.2 Å². The molecule has 100 valence electrons. The molecule has 1 saturated heterocycles. The zero-order valence-corrected chi connectivity index (χ0v) is 10.8. The van der Waals surface area contributed by atoms with E-state index in [1.165, 1.54) is 22.5 Å². The predicted octanol–water partition coefficient (Wildman–Crippen LogP) is 1.12. The van der Waals surface area contributed by atoms with Gasteiger partial charge in [-0.05, 0) is 25.0 Å². The van der Waals surface area contributed by atoms with Gasteiger partial charge in [-0.1, -0.05) is 6.42 Å². The molecule has 0 unspecified atom stereocenters. The number of anilines is 2. The van der Waals surface area contributed by atoms with Gasteiger partial charge in [0.25, 0.3) is 0 Å². The molecule has 0 saturated carbocycles. The van der Waals surface area contributed by atoms with Crippen LogP contribution in [0.1, 0.15) is 19.3 Å². The molecule has 1 aliphatic rings. The highest BCUT2D eigenvalue weighted by Crippen LogP contribution is 2.25. The Morgan fingerprint density at radius 1 is 1.22 bits per heavy atom. The van der Waals surface area contributed by atoms with E-state index in [0.717, 1.165) is 19.3 Å². The SMILES string of the molecule is Nc1cc(O)ccc1NS(=O)(=O)N1CCCCC1. The van der Waals surface area contributed by atoms with E-state index >= 15 is 0 Å². The number of nitrogen functional groups attached to an aromatic ring is 1. The van der Waals surface area contributed by atoms with Crippen LogP contribution in [0.2, 0.25) is 0 Å². The fourth-order valence-electron chi connectivity index (χ4n) is 1.95. The normalized spacial score (nSPS) is 17.6. The summed E-state index contributed by atoms with van der Waals surface area (Å²) >= 11 is 0. The number of hydrogen-bond donors (Lipinski definition) is 3. The molecular weight excluding hydrogens is 254 g/mol. The number of nitrogens with two attached hydrogens (primary N) is 1. The van der Waals surface area contributed by atoms with Crippen molar-refractivity contribution in [2.45, 2.75) is 19.3 Å². The molecule has 1 fully saturated rings. The molecule has 0 aliphatic carbocycles. The van der Waals surface area contributed by atoms with Crippen molar-refractivity contribution >= 4 is 21.6 Å². The maximum absolute atomic E-state index is 12.1. The Labute approximate surface area is 107 Å². The summed E-state index contributed by atoms with van der Waals surface area (Å²) in [5.41, 5.74) is 6.15. The average Bonchev–Trinajstić information content (AvgIpc) is 2.34. The van der Waals surface area contributed by atoms with Crippen molar-refractivity contribution in [1.29, 1.82) is 0 Å². The first-order valence-electron chi connectivity index (χ1n) is 5.85. The first-order chi connectivity index (χ1) is 8.49. The Morgan fingerprint density at radius 3 is 2.50 bits per heavy atom. The van der Waals surface area contributed by atoms with Crippen LogP contribution in [0, 0.1) is 0 Å². The molecule has 0 atom stereocenters. The second-order valence-corrected chi connectivity index (χ2v) is 6.01. The van der Waals surface area contributed by atoms with Crippen molar-refractivity contribution in [3.05, 3.63) is 18.2 Å². The molecule has 6 nitrogen and oxygen atoms in total. The lowest BCUT2D eigenvalue weighted by atomic mass is 10.2. The summed E-state index contributed by atoms with van der Waals surface area (Å²) in [7, 11) is -3.55. The smallest absolute Gasteiger partial charge is 0.301 e. The highest BCUT2D eigenvalue weighted by atomic mass is 32.2. The lowest BCUT2D eigenvalue weighted by Gasteiger charge is -2.26. The van der Waals surface area contributed by atoms with Gasteiger partial charge in [0.1, 0.15) is 5.75 Å². The molecule has 7 heteroatoms. The van der Waals surface area contributed by atoms with Crippen LogP contribution in [0.15, 0.2) is 18.2 Å². The number of aromatic hydroxyl groups is 1. The van der Waals surface area contributed by atoms with Crippen LogP contribution >= 0.6 is 0 Å². The molecule has 2 rings (SSSR count). The van der Waals surface area contributed by atoms with Crippen LogP contribution in [0.3, 0.4) is 0 Å². The number of piperidine rings is 1. The number of phenolic OH excluding ortho intramolecular Hbond substituents is 1. The quantitative estimate of drug-likeness (QED) is 0.567. The molecule has 4 N–H and O–H groups in total. The highest BCUT2D eigenvalue weighted by Gasteiger charge is 2.24. The van der Waals surface area contributed by atoms with Crippen LogP contribution in [0.25, 0.3) is 0 Å². The Kier molecular flexibility index (Phi) is 3.63. The minimum Gasteiger partial charge on any atom is -0.508 e. The Balaban J connectivity index is 2.16. The van der Waals surface area contributed by atoms with Gasteiger partial charge in [0.2, 0.25) is 0 Å². The van der Waals surface area contributed by atoms with Crippen molar-refractivity contribution in [3.8, 4) is 5.75 Å². The van der Waals surface area contributed by atoms with Gasteiger partial charge in [-0.15, -0.1) is 0 Å². The van der Waals surface area contributed by atoms with E-state index in [9.17, 15) is 13.5 Å². The van der Waals surface area contributed by atoms with Gasteiger partial charge in [-0.2, -0.15) is 12.7 Å². The lowest BCUT2D eigenvalue weighted by molar-refractivity contribution is 0.349. The Morgan fingerprint density at radius 2 is 1.89 bits per heavy atom. The number of nitrogens with zero attached hydrogens (tertiary/aromatic N) is 1. The summed E-state index contributed by atoms with van der Waals surface area (Å²) < 4.78 is 28.0. The van der Waals surface area contributed by atoms with Crippen molar-refractivity contribution in [3.63, 3.8) is 0 Å². The van der Waals surface area contributed by atoms with Crippen molar-refractivity contribution in [2.75, 3.05) is 23.5 Å². The minimum absolute atomic E-state index is 0.00780. The Bertz CT molecular complexity index is 524. The molecule has 0 radical (unpaired) electrons. The summed E-state index contributed by atoms with van der Waals surface area (Å²) in [6, 6.07) is 4.16. The second-order valence-electron chi connectivity index (χ2n) is 4.34. The molecule has 0 aromatic heterocycles. The summed E-state index contributed by atoms with van der Waals surface area (Å²) in [5.74, 6) is 0.00780. The highest BCUT2D eigenvalue weighted by molar-refractivity contribution is 7.90. The summed E-state index contributed by atoms with van der Waals surface area (Å²) in [6.45, 7) is 1.07. The van der Waals surface area contributed by atoms with Gasteiger partial charge in [0, 0.05) is 19.2 Å². The largest absolute Gasteiger partial charge is 0.508 e. The molecule has 0 spiro atoms. The van der Waals surface area contributed by atoms with Gasteiger partial charge in [-0.25, -0.2) is 0 Å². The first-order valence-corrected chi connectivity index (χ1v) is 7.29. The standard InChI is InChI=1S/C11H17N3O3S/c12-10-8-9(15)4-5-11(10)13-18(16,17)14-6-2-1-3-7-14/h4-5,8,13,15H,1-3,6-7,12H2. The van der Waals surface area contributed by atoms with Crippen LogP contribution in [-0.2, 0) is 10.2 Å². The van der Waals surface area contributed by atoms with Crippen LogP contribution in [0.4, 0.5) is 11.4 Å². The van der Waals surface area contributed by atoms with Crippen LogP contribution in [0.5, 0.6) is 5.75 Å². The van der Waals surface area contributed by atoms with Crippen LogP contribution in [-0.4, -0.2) is 30.9 Å². The lowest BCUT2D eigenvalue weighted by Crippen LogP contribution is -2.39. The van der Waals surface area contributed by atoms with E-state index in [0.29, 0.717) is 18.8 Å². The van der Waals surface area contributed by atoms with Gasteiger partial charge < -0.3 is 10.8 Å². The molecule has 1 aromatic carbocycles. The summed E-state index contributed by atoms with van der Waals surface area (Å²) in [6.07, 6.45) is 2.82. The summed E-state index contributed by atoms with van der Waals surface area (Å²) in [5, 5.41) is 9.22. The fourth-order valence-corrected chi connectivity index (χ4v) is 3.28. The number of rotatable bonds is 3. The fraction of sp³-hybridized carbons (Fsp3) is 0.455. The van der Waals surface area contributed by atoms with Crippen molar-refractivity contribution in [1.82, 2.24) is 4.31 Å². The number of nitrogens with one attached hydrogen (secondary N) is 1. The van der Waals surface area contributed by atoms with Crippen molar-refractivity contribution in [2.24, 2.45) is 0 Å². The van der Waals surface area contributed by atoms with E-state index < -0.39 is 10.2 Å². The van der Waals surface area contributed by atoms with E-state index in [4.69, 9.17) is 5.73 Å². The predicted molar refractivity (Wildman–Crippen MR) is 70.5 cm³/mol. The van der Waals surface area contributed by atoms with E-state index in [-0.39, 0.29) is 11.4 Å². The second kappa shape index (κ2) is 5.03. The number of benzene rings is 1. The average molecular weight is 271 g/mol. The molecule has 18 heavy (non-hydrogen) atoms. The molecule has 1 aliphatic heterocycles. The van der Waals surface area contributed by atoms with Crippen LogP contribution < -0.4 is 10.5 Å². The topological polar surface area (TPSA) is 95.7 Å². The molecule has 1 heterocycles. The Hall–Kier alpha value is -1.47. The van der Waals surface area contributed by atoms with Crippen molar-refractivity contribution < 1.29 is 13.5 Å². The van der Waals surface area contributed by atoms with E-state index in [1.807, 2.05) is 0 Å². The number of phenols is 1. The van der Waals surface area contributed by atoms with E-state index in [2.05, 4.69) is 4.72 Å². The minimum atomic E-state index is -3.55. The van der Waals surface area contributed by atoms with Gasteiger partial charge in [-0.3, -0.25) is 4.72 Å². The maximum Gasteiger partial charge on any atom is 0.301 e. The third kappa shape index (κ3) is 2.85. The third-order valence-electron chi connectivity index (χ3n) is 2.93. The summed E-state index contributed by atoms with van der Waals surface area (Å²) in [4.78, 5) is 0.